The molecule has 0 spiro atoms. The topological polar surface area (TPSA) is 49.1 Å². The third kappa shape index (κ3) is 4.99. The molecule has 4 aromatic rings. The number of thioether (sulfide) groups is 1. The Balaban J connectivity index is 1.65. The second kappa shape index (κ2) is 10.6. The lowest BCUT2D eigenvalue weighted by molar-refractivity contribution is 0.102. The van der Waals surface area contributed by atoms with Gasteiger partial charge in [0.05, 0.1) is 29.9 Å². The number of ether oxygens (including phenoxy) is 1. The van der Waals surface area contributed by atoms with Gasteiger partial charge in [0.15, 0.2) is 10.9 Å². The minimum absolute atomic E-state index is 0.0918. The average Bonchev–Trinajstić information content (AvgIpc) is 3.37. The number of hydrogen-bond acceptors (Lipinski definition) is 4. The van der Waals surface area contributed by atoms with Crippen molar-refractivity contribution in [2.45, 2.75) is 32.5 Å². The Kier molecular flexibility index (Phi) is 7.61. The molecule has 0 unspecified atom stereocenters. The van der Waals surface area contributed by atoms with Crippen molar-refractivity contribution in [3.05, 3.63) is 88.3 Å². The molecule has 7 heteroatoms. The van der Waals surface area contributed by atoms with Crippen LogP contribution in [0.1, 0.15) is 27.3 Å². The van der Waals surface area contributed by atoms with Crippen molar-refractivity contribution in [1.29, 1.82) is 0 Å². The summed E-state index contributed by atoms with van der Waals surface area (Å²) in [5, 5.41) is 1.47. The van der Waals surface area contributed by atoms with E-state index >= 15 is 0 Å². The van der Waals surface area contributed by atoms with E-state index in [1.807, 2.05) is 62.5 Å². The van der Waals surface area contributed by atoms with Gasteiger partial charge in [0.2, 0.25) is 0 Å². The van der Waals surface area contributed by atoms with E-state index in [0.717, 1.165) is 51.2 Å². The molecule has 2 heterocycles. The second-order valence-electron chi connectivity index (χ2n) is 8.20. The van der Waals surface area contributed by atoms with Crippen molar-refractivity contribution >= 4 is 29.1 Å². The monoisotopic (exact) mass is 493 g/mol. The molecule has 0 fully saturated rings. The van der Waals surface area contributed by atoms with Gasteiger partial charge in [-0.15, -0.1) is 0 Å². The fourth-order valence-electron chi connectivity index (χ4n) is 4.13. The summed E-state index contributed by atoms with van der Waals surface area (Å²) in [6.07, 6.45) is 1.86. The highest BCUT2D eigenvalue weighted by molar-refractivity contribution is 7.99. The van der Waals surface area contributed by atoms with E-state index < -0.39 is 0 Å². The molecule has 0 N–H and O–H groups in total. The Labute approximate surface area is 209 Å². The van der Waals surface area contributed by atoms with Crippen LogP contribution in [0.5, 0.6) is 0 Å². The number of para-hydroxylation sites is 1. The van der Waals surface area contributed by atoms with Gasteiger partial charge in [-0.05, 0) is 50.6 Å². The van der Waals surface area contributed by atoms with Gasteiger partial charge < -0.3 is 9.30 Å². The number of carbonyl (C=O) groups is 1. The number of benzene rings is 2. The molecule has 0 saturated heterocycles. The molecule has 0 bridgehead atoms. The number of aromatic nitrogens is 3. The fourth-order valence-corrected chi connectivity index (χ4v) is 5.12. The molecule has 34 heavy (non-hydrogen) atoms. The standard InChI is InChI=1S/C27H28ClN3O2S/c1-18-7-5-6-8-24(18)31-25(21-9-11-22(28)12-10-21)16-29-27(31)34-17-26(32)23-15-19(2)30(20(23)3)13-14-33-4/h5-12,15-16H,13-14,17H2,1-4H3. The summed E-state index contributed by atoms with van der Waals surface area (Å²) in [5.41, 5.74) is 6.94. The van der Waals surface area contributed by atoms with Crippen molar-refractivity contribution < 1.29 is 9.53 Å². The summed E-state index contributed by atoms with van der Waals surface area (Å²) >= 11 is 7.57. The van der Waals surface area contributed by atoms with Gasteiger partial charge in [0, 0.05) is 41.2 Å². The lowest BCUT2D eigenvalue weighted by atomic mass is 10.1. The third-order valence-corrected chi connectivity index (χ3v) is 7.16. The number of nitrogens with zero attached hydrogens (tertiary/aromatic N) is 3. The van der Waals surface area contributed by atoms with Crippen LogP contribution in [0.4, 0.5) is 0 Å². The Morgan fingerprint density at radius 1 is 1.09 bits per heavy atom. The number of hydrogen-bond donors (Lipinski definition) is 0. The minimum Gasteiger partial charge on any atom is -0.383 e. The van der Waals surface area contributed by atoms with Crippen LogP contribution in [-0.2, 0) is 11.3 Å². The number of rotatable bonds is 9. The van der Waals surface area contributed by atoms with Crippen LogP contribution >= 0.6 is 23.4 Å². The van der Waals surface area contributed by atoms with E-state index in [2.05, 4.69) is 28.2 Å². The molecule has 5 nitrogen and oxygen atoms in total. The van der Waals surface area contributed by atoms with Crippen molar-refractivity contribution in [2.24, 2.45) is 0 Å². The number of ketones is 1. The molecule has 0 aliphatic rings. The number of halogens is 1. The van der Waals surface area contributed by atoms with Gasteiger partial charge in [-0.2, -0.15) is 0 Å². The molecule has 176 valence electrons. The van der Waals surface area contributed by atoms with Gasteiger partial charge in [0.1, 0.15) is 0 Å². The maximum Gasteiger partial charge on any atom is 0.175 e. The normalized spacial score (nSPS) is 11.2. The minimum atomic E-state index is 0.0918. The molecular formula is C27H28ClN3O2S. The Hall–Kier alpha value is -2.80. The Morgan fingerprint density at radius 3 is 2.53 bits per heavy atom. The summed E-state index contributed by atoms with van der Waals surface area (Å²) in [4.78, 5) is 17.9. The lowest BCUT2D eigenvalue weighted by Gasteiger charge is -2.14. The molecule has 2 aromatic carbocycles. The highest BCUT2D eigenvalue weighted by atomic mass is 35.5. The van der Waals surface area contributed by atoms with Crippen LogP contribution < -0.4 is 0 Å². The zero-order valence-electron chi connectivity index (χ0n) is 19.8. The predicted octanol–water partition coefficient (Wildman–Crippen LogP) is 6.54. The van der Waals surface area contributed by atoms with E-state index in [9.17, 15) is 4.79 Å². The first-order chi connectivity index (χ1) is 16.4. The van der Waals surface area contributed by atoms with Crippen LogP contribution in [0.3, 0.4) is 0 Å². The second-order valence-corrected chi connectivity index (χ2v) is 9.57. The van der Waals surface area contributed by atoms with E-state index in [1.54, 1.807) is 7.11 Å². The number of carbonyl (C=O) groups excluding carboxylic acids is 1. The maximum atomic E-state index is 13.2. The lowest BCUT2D eigenvalue weighted by Crippen LogP contribution is -2.10. The molecule has 0 atom stereocenters. The van der Waals surface area contributed by atoms with Crippen molar-refractivity contribution in [3.8, 4) is 16.9 Å². The summed E-state index contributed by atoms with van der Waals surface area (Å²) in [6.45, 7) is 7.44. The number of imidazole rings is 1. The maximum absolute atomic E-state index is 13.2. The zero-order chi connectivity index (χ0) is 24.2. The molecule has 0 radical (unpaired) electrons. The zero-order valence-corrected chi connectivity index (χ0v) is 21.4. The van der Waals surface area contributed by atoms with Crippen LogP contribution in [0, 0.1) is 20.8 Å². The summed E-state index contributed by atoms with van der Waals surface area (Å²) < 4.78 is 9.47. The van der Waals surface area contributed by atoms with Gasteiger partial charge >= 0.3 is 0 Å². The predicted molar refractivity (Wildman–Crippen MR) is 140 cm³/mol. The quantitative estimate of drug-likeness (QED) is 0.196. The third-order valence-electron chi connectivity index (χ3n) is 5.95. The first-order valence-corrected chi connectivity index (χ1v) is 12.5. The van der Waals surface area contributed by atoms with Gasteiger partial charge in [0.25, 0.3) is 0 Å². The molecule has 0 aliphatic carbocycles. The molecule has 0 saturated carbocycles. The van der Waals surface area contributed by atoms with E-state index in [0.29, 0.717) is 17.4 Å². The fraction of sp³-hybridized carbons (Fsp3) is 0.259. The van der Waals surface area contributed by atoms with Crippen LogP contribution in [0.15, 0.2) is 66.0 Å². The smallest absolute Gasteiger partial charge is 0.175 e. The van der Waals surface area contributed by atoms with E-state index in [4.69, 9.17) is 21.3 Å². The van der Waals surface area contributed by atoms with Crippen molar-refractivity contribution in [3.63, 3.8) is 0 Å². The summed E-state index contributed by atoms with van der Waals surface area (Å²) in [7, 11) is 1.69. The van der Waals surface area contributed by atoms with Crippen LogP contribution in [-0.4, -0.2) is 39.4 Å². The van der Waals surface area contributed by atoms with E-state index in [1.165, 1.54) is 11.8 Å². The molecule has 0 amide bonds. The Morgan fingerprint density at radius 2 is 1.82 bits per heavy atom. The first kappa shape index (κ1) is 24.3. The molecule has 2 aromatic heterocycles. The molecule has 0 aliphatic heterocycles. The average molecular weight is 494 g/mol. The Bertz CT molecular complexity index is 1310. The highest BCUT2D eigenvalue weighted by Crippen LogP contribution is 2.32. The van der Waals surface area contributed by atoms with Gasteiger partial charge in [-0.1, -0.05) is 53.7 Å². The molecule has 4 rings (SSSR count). The number of Topliss-reactive ketones (excluding diaryl/α,β-unsaturated/α-hetero) is 1. The SMILES string of the molecule is COCCn1c(C)cc(C(=O)CSc2ncc(-c3ccc(Cl)cc3)n2-c2ccccc2C)c1C. The van der Waals surface area contributed by atoms with Crippen molar-refractivity contribution in [2.75, 3.05) is 19.5 Å². The van der Waals surface area contributed by atoms with Gasteiger partial charge in [-0.25, -0.2) is 4.98 Å². The summed E-state index contributed by atoms with van der Waals surface area (Å²) in [5.74, 6) is 0.395. The number of methoxy groups -OCH3 is 1. The van der Waals surface area contributed by atoms with Crippen LogP contribution in [0.2, 0.25) is 5.02 Å². The highest BCUT2D eigenvalue weighted by Gasteiger charge is 2.20. The van der Waals surface area contributed by atoms with Crippen LogP contribution in [0.25, 0.3) is 16.9 Å². The van der Waals surface area contributed by atoms with Gasteiger partial charge in [-0.3, -0.25) is 9.36 Å². The largest absolute Gasteiger partial charge is 0.383 e. The van der Waals surface area contributed by atoms with E-state index in [-0.39, 0.29) is 5.78 Å². The van der Waals surface area contributed by atoms with Crippen molar-refractivity contribution in [1.82, 2.24) is 14.1 Å². The molecular weight excluding hydrogens is 466 g/mol. The number of aryl methyl sites for hydroxylation is 2. The first-order valence-electron chi connectivity index (χ1n) is 11.1. The summed E-state index contributed by atoms with van der Waals surface area (Å²) in [6, 6.07) is 17.9.